The molecule has 1 aromatic rings. The number of phenols is 1. The van der Waals surface area contributed by atoms with E-state index >= 15 is 0 Å². The first-order chi connectivity index (χ1) is 17.0. The van der Waals surface area contributed by atoms with E-state index in [0.717, 1.165) is 0 Å². The van der Waals surface area contributed by atoms with Crippen molar-refractivity contribution in [2.45, 2.75) is 31.3 Å². The lowest BCUT2D eigenvalue weighted by Crippen LogP contribution is -2.52. The summed E-state index contributed by atoms with van der Waals surface area (Å²) in [7, 11) is 0. The Hall–Kier alpha value is -4.40. The van der Waals surface area contributed by atoms with Crippen molar-refractivity contribution in [3.05, 3.63) is 29.8 Å². The third-order valence-electron chi connectivity index (χ3n) is 4.66. The molecule has 198 valence electrons. The molecule has 0 spiro atoms. The molecule has 15 heteroatoms. The largest absolute Gasteiger partial charge is 0.508 e. The minimum absolute atomic E-state index is 0.0343. The highest BCUT2D eigenvalue weighted by Gasteiger charge is 2.22. The number of aliphatic imine (C=N–C) groups is 1. The summed E-state index contributed by atoms with van der Waals surface area (Å²) < 4.78 is 0. The number of carboxylic acid groups (broad SMARTS) is 1. The van der Waals surface area contributed by atoms with Crippen LogP contribution in [0.15, 0.2) is 29.3 Å². The molecule has 0 aliphatic rings. The number of nitrogens with zero attached hydrogens (tertiary/aromatic N) is 1. The van der Waals surface area contributed by atoms with Gasteiger partial charge in [-0.1, -0.05) is 12.1 Å². The topological polar surface area (TPSA) is 264 Å². The zero-order valence-electron chi connectivity index (χ0n) is 19.5. The summed E-state index contributed by atoms with van der Waals surface area (Å²) in [6.07, 6.45) is 0.444. The lowest BCUT2D eigenvalue weighted by molar-refractivity contribution is -0.142. The van der Waals surface area contributed by atoms with Crippen LogP contribution >= 0.6 is 0 Å². The maximum atomic E-state index is 12.5. The Labute approximate surface area is 206 Å². The van der Waals surface area contributed by atoms with Crippen molar-refractivity contribution in [3.63, 3.8) is 0 Å². The van der Waals surface area contributed by atoms with E-state index in [1.165, 1.54) is 12.1 Å². The van der Waals surface area contributed by atoms with Gasteiger partial charge < -0.3 is 48.7 Å². The second-order valence-electron chi connectivity index (χ2n) is 7.60. The number of amides is 4. The van der Waals surface area contributed by atoms with E-state index in [-0.39, 0.29) is 37.6 Å². The number of rotatable bonds is 15. The number of benzene rings is 1. The molecule has 0 aliphatic carbocycles. The van der Waals surface area contributed by atoms with E-state index < -0.39 is 54.8 Å². The van der Waals surface area contributed by atoms with Crippen LogP contribution in [0.4, 0.5) is 0 Å². The average Bonchev–Trinajstić information content (AvgIpc) is 2.83. The smallest absolute Gasteiger partial charge is 0.326 e. The van der Waals surface area contributed by atoms with E-state index in [4.69, 9.17) is 17.2 Å². The maximum absolute atomic E-state index is 12.5. The van der Waals surface area contributed by atoms with Gasteiger partial charge >= 0.3 is 5.97 Å². The highest BCUT2D eigenvalue weighted by molar-refractivity contribution is 5.92. The summed E-state index contributed by atoms with van der Waals surface area (Å²) in [6.45, 7) is -1.18. The zero-order valence-corrected chi connectivity index (χ0v) is 19.5. The number of carbonyl (C=O) groups excluding carboxylic acids is 4. The molecule has 0 heterocycles. The number of aliphatic carboxylic acids is 1. The number of hydrogen-bond donors (Lipinski definition) is 9. The van der Waals surface area contributed by atoms with Gasteiger partial charge in [0.2, 0.25) is 23.6 Å². The molecule has 1 aromatic carbocycles. The lowest BCUT2D eigenvalue weighted by Gasteiger charge is -2.18. The predicted octanol–water partition coefficient (Wildman–Crippen LogP) is -3.77. The van der Waals surface area contributed by atoms with Crippen LogP contribution in [0, 0.1) is 0 Å². The molecule has 2 atom stereocenters. The molecule has 0 aromatic heterocycles. The van der Waals surface area contributed by atoms with Gasteiger partial charge in [-0.3, -0.25) is 24.2 Å². The maximum Gasteiger partial charge on any atom is 0.326 e. The monoisotopic (exact) mass is 508 g/mol. The number of carbonyl (C=O) groups is 5. The molecule has 0 aliphatic heterocycles. The molecule has 15 nitrogen and oxygen atoms in total. The van der Waals surface area contributed by atoms with Crippen molar-refractivity contribution in [1.29, 1.82) is 0 Å². The average molecular weight is 509 g/mol. The zero-order chi connectivity index (χ0) is 27.1. The van der Waals surface area contributed by atoms with Crippen LogP contribution in [0.3, 0.4) is 0 Å². The number of guanidine groups is 1. The van der Waals surface area contributed by atoms with Gasteiger partial charge in [0.25, 0.3) is 0 Å². The van der Waals surface area contributed by atoms with E-state index in [1.54, 1.807) is 12.1 Å². The van der Waals surface area contributed by atoms with Crippen LogP contribution in [-0.4, -0.2) is 84.0 Å². The second-order valence-corrected chi connectivity index (χ2v) is 7.60. The van der Waals surface area contributed by atoms with E-state index in [9.17, 15) is 34.2 Å². The van der Waals surface area contributed by atoms with Gasteiger partial charge in [-0.2, -0.15) is 0 Å². The van der Waals surface area contributed by atoms with Crippen molar-refractivity contribution in [2.24, 2.45) is 22.2 Å². The molecule has 2 unspecified atom stereocenters. The molecule has 0 radical (unpaired) electrons. The summed E-state index contributed by atoms with van der Waals surface area (Å²) in [5, 5.41) is 27.9. The highest BCUT2D eigenvalue weighted by Crippen LogP contribution is 2.11. The summed E-state index contributed by atoms with van der Waals surface area (Å²) in [4.78, 5) is 63.3. The molecular weight excluding hydrogens is 476 g/mol. The summed E-state index contributed by atoms with van der Waals surface area (Å²) in [5.41, 5.74) is 16.3. The Morgan fingerprint density at radius 2 is 1.50 bits per heavy atom. The highest BCUT2D eigenvalue weighted by atomic mass is 16.4. The second kappa shape index (κ2) is 15.5. The lowest BCUT2D eigenvalue weighted by atomic mass is 10.0. The first-order valence-electron chi connectivity index (χ1n) is 10.9. The van der Waals surface area contributed by atoms with E-state index in [0.29, 0.717) is 12.0 Å². The van der Waals surface area contributed by atoms with Gasteiger partial charge in [-0.15, -0.1) is 0 Å². The summed E-state index contributed by atoms with van der Waals surface area (Å²) in [6, 6.07) is 3.74. The van der Waals surface area contributed by atoms with Crippen LogP contribution in [0.5, 0.6) is 5.75 Å². The Morgan fingerprint density at radius 3 is 2.08 bits per heavy atom. The number of hydrogen-bond acceptors (Lipinski definition) is 8. The van der Waals surface area contributed by atoms with Gasteiger partial charge in [0.05, 0.1) is 19.6 Å². The fourth-order valence-corrected chi connectivity index (χ4v) is 2.87. The van der Waals surface area contributed by atoms with Crippen LogP contribution in [0.2, 0.25) is 0 Å². The standard InChI is InChI=1S/C21H32N8O7/c22-9-16(31)29-15(8-12-3-5-13(30)6-4-12)19(34)27-10-17(32)26-11-18(33)28-14(20(35)36)2-1-7-25-21(23)24/h3-6,14-15,30H,1-2,7-11,22H2,(H,26,32)(H,27,34)(H,28,33)(H,29,31)(H,35,36)(H4,23,24,25). The number of aromatic hydroxyl groups is 1. The first kappa shape index (κ1) is 29.6. The van der Waals surface area contributed by atoms with Crippen LogP contribution < -0.4 is 38.5 Å². The number of nitrogens with two attached hydrogens (primary N) is 3. The normalized spacial score (nSPS) is 11.9. The number of phenolic OH excluding ortho intramolecular Hbond substituents is 1. The number of nitrogens with one attached hydrogen (secondary N) is 4. The molecule has 0 bridgehead atoms. The Morgan fingerprint density at radius 1 is 0.889 bits per heavy atom. The molecular formula is C21H32N8O7. The Bertz CT molecular complexity index is 948. The molecule has 36 heavy (non-hydrogen) atoms. The SMILES string of the molecule is NCC(=O)NC(Cc1ccc(O)cc1)C(=O)NCC(=O)NCC(=O)NC(CCCN=C(N)N)C(=O)O. The molecule has 0 saturated carbocycles. The van der Waals surface area contributed by atoms with Crippen LogP contribution in [0.1, 0.15) is 18.4 Å². The van der Waals surface area contributed by atoms with Crippen molar-refractivity contribution < 1.29 is 34.2 Å². The van der Waals surface area contributed by atoms with Gasteiger partial charge in [0, 0.05) is 13.0 Å². The van der Waals surface area contributed by atoms with E-state index in [1.807, 2.05) is 0 Å². The summed E-state index contributed by atoms with van der Waals surface area (Å²) >= 11 is 0. The fraction of sp³-hybridized carbons (Fsp3) is 0.429. The minimum Gasteiger partial charge on any atom is -0.508 e. The van der Waals surface area contributed by atoms with Gasteiger partial charge in [0.1, 0.15) is 17.8 Å². The molecule has 0 saturated heterocycles. The molecule has 12 N–H and O–H groups in total. The molecule has 4 amide bonds. The van der Waals surface area contributed by atoms with Gasteiger partial charge in [-0.25, -0.2) is 4.79 Å². The fourth-order valence-electron chi connectivity index (χ4n) is 2.87. The minimum atomic E-state index is -1.26. The third-order valence-corrected chi connectivity index (χ3v) is 4.66. The summed E-state index contributed by atoms with van der Waals surface area (Å²) in [5.74, 6) is -4.07. The molecule has 0 fully saturated rings. The van der Waals surface area contributed by atoms with Gasteiger partial charge in [-0.05, 0) is 30.5 Å². The third kappa shape index (κ3) is 12.2. The first-order valence-corrected chi connectivity index (χ1v) is 10.9. The van der Waals surface area contributed by atoms with Crippen molar-refractivity contribution in [2.75, 3.05) is 26.2 Å². The Balaban J connectivity index is 2.53. The van der Waals surface area contributed by atoms with Crippen molar-refractivity contribution in [3.8, 4) is 5.75 Å². The Kier molecular flexibility index (Phi) is 12.8. The van der Waals surface area contributed by atoms with Crippen LogP contribution in [-0.2, 0) is 30.4 Å². The van der Waals surface area contributed by atoms with Crippen molar-refractivity contribution >= 4 is 35.6 Å². The van der Waals surface area contributed by atoms with E-state index in [2.05, 4.69) is 26.3 Å². The van der Waals surface area contributed by atoms with Crippen molar-refractivity contribution in [1.82, 2.24) is 21.3 Å². The number of carboxylic acids is 1. The quantitative estimate of drug-likeness (QED) is 0.0634. The predicted molar refractivity (Wildman–Crippen MR) is 128 cm³/mol. The van der Waals surface area contributed by atoms with Crippen LogP contribution in [0.25, 0.3) is 0 Å². The molecule has 1 rings (SSSR count). The van der Waals surface area contributed by atoms with Gasteiger partial charge in [0.15, 0.2) is 5.96 Å².